The van der Waals surface area contributed by atoms with Gasteiger partial charge in [0.25, 0.3) is 0 Å². The van der Waals surface area contributed by atoms with Crippen LogP contribution < -0.4 is 10.0 Å². The minimum absolute atomic E-state index is 0.0283. The summed E-state index contributed by atoms with van der Waals surface area (Å²) in [7, 11) is -3.73. The maximum atomic E-state index is 13.0. The van der Waals surface area contributed by atoms with Crippen LogP contribution in [0.4, 0.5) is 5.69 Å². The van der Waals surface area contributed by atoms with Crippen molar-refractivity contribution in [1.29, 1.82) is 0 Å². The number of anilines is 1. The summed E-state index contributed by atoms with van der Waals surface area (Å²) in [5.41, 5.74) is 1.68. The zero-order valence-electron chi connectivity index (χ0n) is 14.9. The van der Waals surface area contributed by atoms with E-state index in [0.717, 1.165) is 17.8 Å². The van der Waals surface area contributed by atoms with Crippen LogP contribution in [0.5, 0.6) is 0 Å². The van der Waals surface area contributed by atoms with Gasteiger partial charge in [-0.25, -0.2) is 13.6 Å². The van der Waals surface area contributed by atoms with Crippen LogP contribution in [0.3, 0.4) is 0 Å². The zero-order valence-corrected chi connectivity index (χ0v) is 15.8. The van der Waals surface area contributed by atoms with Gasteiger partial charge in [0.15, 0.2) is 0 Å². The van der Waals surface area contributed by atoms with E-state index in [2.05, 4.69) is 11.8 Å². The quantitative estimate of drug-likeness (QED) is 0.863. The highest BCUT2D eigenvalue weighted by molar-refractivity contribution is 7.89. The van der Waals surface area contributed by atoms with Crippen molar-refractivity contribution >= 4 is 21.6 Å². The third kappa shape index (κ3) is 3.73. The number of likely N-dealkylation sites (N-methyl/N-ethyl adjacent to an activating group) is 1. The molecule has 0 saturated heterocycles. The van der Waals surface area contributed by atoms with Crippen LogP contribution in [-0.4, -0.2) is 44.4 Å². The Morgan fingerprint density at radius 2 is 2.00 bits per heavy atom. The molecule has 3 rings (SSSR count). The Hall–Kier alpha value is -1.44. The van der Waals surface area contributed by atoms with Crippen LogP contribution in [0.1, 0.15) is 45.1 Å². The fraction of sp³-hybridized carbons (Fsp3) is 0.611. The third-order valence-electron chi connectivity index (χ3n) is 5.45. The number of nitrogens with two attached hydrogens (primary N) is 1. The number of primary sulfonamides is 1. The molecular weight excluding hydrogens is 338 g/mol. The Morgan fingerprint density at radius 1 is 1.32 bits per heavy atom. The van der Waals surface area contributed by atoms with Gasteiger partial charge in [0.05, 0.1) is 11.4 Å². The van der Waals surface area contributed by atoms with Gasteiger partial charge in [0.2, 0.25) is 15.9 Å². The van der Waals surface area contributed by atoms with E-state index in [9.17, 15) is 13.2 Å². The Labute approximate surface area is 150 Å². The Balaban J connectivity index is 1.80. The number of benzene rings is 1. The fourth-order valence-corrected chi connectivity index (χ4v) is 4.75. The molecule has 2 N–H and O–H groups in total. The first kappa shape index (κ1) is 18.4. The lowest BCUT2D eigenvalue weighted by Crippen LogP contribution is -2.45. The smallest absolute Gasteiger partial charge is 0.241 e. The summed E-state index contributed by atoms with van der Waals surface area (Å²) in [5.74, 6) is 0.0864. The number of carbonyl (C=O) groups excluding carboxylic acids is 1. The average Bonchev–Trinajstić information content (AvgIpc) is 3.17. The van der Waals surface area contributed by atoms with Gasteiger partial charge in [-0.3, -0.25) is 9.69 Å². The van der Waals surface area contributed by atoms with Crippen molar-refractivity contribution in [1.82, 2.24) is 4.90 Å². The molecule has 1 fully saturated rings. The van der Waals surface area contributed by atoms with Gasteiger partial charge in [0.1, 0.15) is 0 Å². The van der Waals surface area contributed by atoms with Crippen molar-refractivity contribution in [2.24, 2.45) is 5.14 Å². The molecule has 1 aliphatic heterocycles. The number of carbonyl (C=O) groups is 1. The molecule has 1 aliphatic carbocycles. The third-order valence-corrected chi connectivity index (χ3v) is 6.36. The first-order valence-corrected chi connectivity index (χ1v) is 10.6. The first-order chi connectivity index (χ1) is 11.8. The number of fused-ring (bicyclic) bond motifs is 1. The SMILES string of the molecule is CCN(CC(=O)N1c2ccc(S(N)(=O)=O)cc2CC1C)C1CCCC1. The van der Waals surface area contributed by atoms with Gasteiger partial charge in [-0.1, -0.05) is 19.8 Å². The molecule has 1 unspecified atom stereocenters. The van der Waals surface area contributed by atoms with Crippen LogP contribution in [-0.2, 0) is 21.2 Å². The number of hydrogen-bond donors (Lipinski definition) is 1. The second-order valence-corrected chi connectivity index (χ2v) is 8.72. The molecule has 0 bridgehead atoms. The van der Waals surface area contributed by atoms with Gasteiger partial charge < -0.3 is 4.90 Å². The number of sulfonamides is 1. The second kappa shape index (κ2) is 7.05. The largest absolute Gasteiger partial charge is 0.308 e. The highest BCUT2D eigenvalue weighted by Crippen LogP contribution is 2.34. The lowest BCUT2D eigenvalue weighted by Gasteiger charge is -2.30. The standard InChI is InChI=1S/C18H27N3O3S/c1-3-20(15-6-4-5-7-15)12-18(22)21-13(2)10-14-11-16(25(19,23)24)8-9-17(14)21/h8-9,11,13,15H,3-7,10,12H2,1-2H3,(H2,19,23,24). The van der Waals surface area contributed by atoms with Crippen molar-refractivity contribution in [2.45, 2.75) is 62.9 Å². The van der Waals surface area contributed by atoms with Gasteiger partial charge in [0, 0.05) is 17.8 Å². The van der Waals surface area contributed by atoms with E-state index in [1.807, 2.05) is 11.8 Å². The summed E-state index contributed by atoms with van der Waals surface area (Å²) >= 11 is 0. The van der Waals surface area contributed by atoms with Crippen LogP contribution in [0, 0.1) is 0 Å². The molecule has 1 amide bonds. The highest BCUT2D eigenvalue weighted by Gasteiger charge is 2.33. The maximum absolute atomic E-state index is 13.0. The lowest BCUT2D eigenvalue weighted by molar-refractivity contribution is -0.120. The molecule has 138 valence electrons. The molecule has 2 aliphatic rings. The first-order valence-electron chi connectivity index (χ1n) is 9.03. The summed E-state index contributed by atoms with van der Waals surface area (Å²) in [6, 6.07) is 5.34. The van der Waals surface area contributed by atoms with E-state index in [1.165, 1.54) is 31.7 Å². The monoisotopic (exact) mass is 365 g/mol. The van der Waals surface area contributed by atoms with Crippen LogP contribution in [0.15, 0.2) is 23.1 Å². The summed E-state index contributed by atoms with van der Waals surface area (Å²) in [5, 5.41) is 5.22. The van der Waals surface area contributed by atoms with Crippen LogP contribution in [0.25, 0.3) is 0 Å². The van der Waals surface area contributed by atoms with E-state index in [-0.39, 0.29) is 16.8 Å². The van der Waals surface area contributed by atoms with Crippen molar-refractivity contribution in [3.8, 4) is 0 Å². The lowest BCUT2D eigenvalue weighted by atomic mass is 10.1. The molecule has 0 spiro atoms. The maximum Gasteiger partial charge on any atom is 0.241 e. The van der Waals surface area contributed by atoms with Crippen LogP contribution in [0.2, 0.25) is 0 Å². The van der Waals surface area contributed by atoms with E-state index < -0.39 is 10.0 Å². The number of rotatable bonds is 5. The fourth-order valence-electron chi connectivity index (χ4n) is 4.18. The zero-order chi connectivity index (χ0) is 18.2. The normalized spacial score (nSPS) is 21.1. The van der Waals surface area contributed by atoms with Crippen LogP contribution >= 0.6 is 0 Å². The molecule has 1 saturated carbocycles. The minimum Gasteiger partial charge on any atom is -0.308 e. The van der Waals surface area contributed by atoms with Gasteiger partial charge in [-0.05, 0) is 56.5 Å². The minimum atomic E-state index is -3.73. The summed E-state index contributed by atoms with van der Waals surface area (Å²) in [6.07, 6.45) is 5.49. The van der Waals surface area contributed by atoms with Crippen molar-refractivity contribution < 1.29 is 13.2 Å². The average molecular weight is 365 g/mol. The van der Waals surface area contributed by atoms with E-state index in [0.29, 0.717) is 19.0 Å². The van der Waals surface area contributed by atoms with E-state index in [1.54, 1.807) is 12.1 Å². The van der Waals surface area contributed by atoms with E-state index >= 15 is 0 Å². The molecule has 7 heteroatoms. The summed E-state index contributed by atoms with van der Waals surface area (Å²) < 4.78 is 23.1. The molecule has 0 aromatic heterocycles. The Morgan fingerprint density at radius 3 is 2.60 bits per heavy atom. The Bertz CT molecular complexity index is 757. The molecule has 1 aromatic rings. The highest BCUT2D eigenvalue weighted by atomic mass is 32.2. The van der Waals surface area contributed by atoms with Gasteiger partial charge >= 0.3 is 0 Å². The second-order valence-electron chi connectivity index (χ2n) is 7.15. The predicted octanol–water partition coefficient (Wildman–Crippen LogP) is 1.88. The van der Waals surface area contributed by atoms with E-state index in [4.69, 9.17) is 5.14 Å². The number of amides is 1. The van der Waals surface area contributed by atoms with Gasteiger partial charge in [-0.2, -0.15) is 0 Å². The van der Waals surface area contributed by atoms with Crippen molar-refractivity contribution in [3.63, 3.8) is 0 Å². The number of nitrogens with zero attached hydrogens (tertiary/aromatic N) is 2. The van der Waals surface area contributed by atoms with Gasteiger partial charge in [-0.15, -0.1) is 0 Å². The topological polar surface area (TPSA) is 83.7 Å². The number of hydrogen-bond acceptors (Lipinski definition) is 4. The van der Waals surface area contributed by atoms with Crippen molar-refractivity contribution in [3.05, 3.63) is 23.8 Å². The molecular formula is C18H27N3O3S. The molecule has 1 aromatic carbocycles. The predicted molar refractivity (Wildman–Crippen MR) is 98.0 cm³/mol. The molecule has 6 nitrogen and oxygen atoms in total. The molecule has 25 heavy (non-hydrogen) atoms. The molecule has 1 atom stereocenters. The Kier molecular flexibility index (Phi) is 5.18. The summed E-state index contributed by atoms with van der Waals surface area (Å²) in [4.78, 5) is 17.2. The molecule has 0 radical (unpaired) electrons. The molecule has 1 heterocycles. The summed E-state index contributed by atoms with van der Waals surface area (Å²) in [6.45, 7) is 5.39. The van der Waals surface area contributed by atoms with Crippen molar-refractivity contribution in [2.75, 3.05) is 18.0 Å².